The second-order valence-electron chi connectivity index (χ2n) is 8.01. The van der Waals surface area contributed by atoms with Gasteiger partial charge in [0.15, 0.2) is 0 Å². The molecule has 2 aromatic carbocycles. The molecule has 0 fully saturated rings. The zero-order valence-electron chi connectivity index (χ0n) is 17.9. The minimum Gasteiger partial charge on any atom is -0.368 e. The number of nitrogens with zero attached hydrogens (tertiary/aromatic N) is 4. The van der Waals surface area contributed by atoms with Crippen molar-refractivity contribution >= 4 is 22.5 Å². The molecule has 0 spiro atoms. The minimum absolute atomic E-state index is 0.0147. The topological polar surface area (TPSA) is 90.2 Å². The summed E-state index contributed by atoms with van der Waals surface area (Å²) in [5.41, 5.74) is 6.25. The molecule has 0 atom stereocenters. The molecule has 4 aromatic rings. The van der Waals surface area contributed by atoms with Crippen LogP contribution in [0.3, 0.4) is 0 Å². The summed E-state index contributed by atoms with van der Waals surface area (Å²) in [4.78, 5) is 17.4. The van der Waals surface area contributed by atoms with E-state index in [1.165, 1.54) is 6.07 Å². The minimum atomic E-state index is -4.54. The third-order valence-corrected chi connectivity index (χ3v) is 5.75. The number of aromatic nitrogens is 3. The molecule has 34 heavy (non-hydrogen) atoms. The van der Waals surface area contributed by atoms with Crippen LogP contribution in [0.5, 0.6) is 0 Å². The van der Waals surface area contributed by atoms with Gasteiger partial charge in [-0.3, -0.25) is 4.79 Å². The molecule has 0 aliphatic carbocycles. The van der Waals surface area contributed by atoms with E-state index < -0.39 is 17.6 Å². The molecule has 7 nitrogen and oxygen atoms in total. The number of alkyl halides is 3. The molecule has 1 aliphatic heterocycles. The number of halogens is 3. The summed E-state index contributed by atoms with van der Waals surface area (Å²) < 4.78 is 48.7. The van der Waals surface area contributed by atoms with Crippen LogP contribution in [-0.4, -0.2) is 33.7 Å². The quantitative estimate of drug-likeness (QED) is 0.433. The van der Waals surface area contributed by atoms with E-state index >= 15 is 0 Å². The highest BCUT2D eigenvalue weighted by Crippen LogP contribution is 2.40. The standard InChI is InChI=1S/C24H20F3N5O2/c25-24(26,27)18-13-15(7-8-20(18)31-10-2-1-3-11-31)23-29-22(30-34-23)17-5-4-6-19-16(17)9-12-32(19)14-21(28)33/h1-2,4-9,12-13H,3,10-11,14H2,(H2,28,33). The lowest BCUT2D eigenvalue weighted by Gasteiger charge is -2.28. The molecular formula is C24H20F3N5O2. The summed E-state index contributed by atoms with van der Waals surface area (Å²) in [6.45, 7) is 0.958. The molecule has 2 N–H and O–H groups in total. The molecule has 5 rings (SSSR count). The lowest BCUT2D eigenvalue weighted by Crippen LogP contribution is -2.29. The molecule has 0 bridgehead atoms. The molecule has 0 unspecified atom stereocenters. The van der Waals surface area contributed by atoms with Crippen molar-refractivity contribution in [3.05, 3.63) is 66.4 Å². The van der Waals surface area contributed by atoms with E-state index in [1.54, 1.807) is 39.9 Å². The van der Waals surface area contributed by atoms with E-state index in [2.05, 4.69) is 10.1 Å². The number of nitrogens with two attached hydrogens (primary N) is 1. The fourth-order valence-corrected chi connectivity index (χ4v) is 4.21. The Kier molecular flexibility index (Phi) is 5.35. The third-order valence-electron chi connectivity index (χ3n) is 5.75. The van der Waals surface area contributed by atoms with E-state index in [9.17, 15) is 18.0 Å². The van der Waals surface area contributed by atoms with Crippen molar-refractivity contribution in [1.29, 1.82) is 0 Å². The van der Waals surface area contributed by atoms with Crippen molar-refractivity contribution < 1.29 is 22.5 Å². The summed E-state index contributed by atoms with van der Waals surface area (Å²) >= 11 is 0. The Morgan fingerprint density at radius 1 is 1.15 bits per heavy atom. The molecule has 1 aliphatic rings. The Balaban J connectivity index is 1.52. The number of carbonyl (C=O) groups excluding carboxylic acids is 1. The van der Waals surface area contributed by atoms with Crippen LogP contribution in [0.2, 0.25) is 0 Å². The average Bonchev–Trinajstić information content (AvgIpc) is 3.46. The SMILES string of the molecule is NC(=O)Cn1ccc2c(-c3noc(-c4ccc(N5CC=CCC5)c(C(F)(F)F)c4)n3)cccc21. The van der Waals surface area contributed by atoms with E-state index in [0.717, 1.165) is 17.0 Å². The number of fused-ring (bicyclic) bond motifs is 1. The van der Waals surface area contributed by atoms with Gasteiger partial charge in [0.2, 0.25) is 11.7 Å². The molecule has 0 radical (unpaired) electrons. The zero-order chi connectivity index (χ0) is 23.9. The molecule has 3 heterocycles. The summed E-state index contributed by atoms with van der Waals surface area (Å²) in [6, 6.07) is 11.2. The Hall–Kier alpha value is -4.08. The summed E-state index contributed by atoms with van der Waals surface area (Å²) in [6.07, 6.45) is 1.70. The van der Waals surface area contributed by atoms with E-state index in [4.69, 9.17) is 10.3 Å². The first-order valence-corrected chi connectivity index (χ1v) is 10.6. The second-order valence-corrected chi connectivity index (χ2v) is 8.01. The number of hydrogen-bond acceptors (Lipinski definition) is 5. The number of rotatable bonds is 5. The first-order valence-electron chi connectivity index (χ1n) is 10.6. The highest BCUT2D eigenvalue weighted by Gasteiger charge is 2.35. The van der Waals surface area contributed by atoms with Crippen LogP contribution in [0.15, 0.2) is 65.3 Å². The number of benzene rings is 2. The van der Waals surface area contributed by atoms with Crippen LogP contribution >= 0.6 is 0 Å². The van der Waals surface area contributed by atoms with E-state index in [-0.39, 0.29) is 29.5 Å². The lowest BCUT2D eigenvalue weighted by molar-refractivity contribution is -0.137. The normalized spacial score (nSPS) is 14.1. The molecule has 1 amide bonds. The predicted octanol–water partition coefficient (Wildman–Crippen LogP) is 4.63. The molecule has 2 aromatic heterocycles. The molecule has 174 valence electrons. The second kappa shape index (κ2) is 8.36. The Morgan fingerprint density at radius 3 is 2.74 bits per heavy atom. The fraction of sp³-hybridized carbons (Fsp3) is 0.208. The molecule has 10 heteroatoms. The van der Waals surface area contributed by atoms with Gasteiger partial charge < -0.3 is 19.7 Å². The van der Waals surface area contributed by atoms with Crippen molar-refractivity contribution in [2.75, 3.05) is 18.0 Å². The maximum atomic E-state index is 13.9. The summed E-state index contributed by atoms with van der Waals surface area (Å²) in [5.74, 6) is -0.260. The summed E-state index contributed by atoms with van der Waals surface area (Å²) in [5, 5.41) is 4.76. The van der Waals surface area contributed by atoms with Crippen LogP contribution in [0.1, 0.15) is 12.0 Å². The molecule has 0 saturated carbocycles. The first kappa shape index (κ1) is 21.7. The number of hydrogen-bond donors (Lipinski definition) is 1. The van der Waals surface area contributed by atoms with Crippen molar-refractivity contribution in [2.45, 2.75) is 19.1 Å². The maximum absolute atomic E-state index is 13.9. The van der Waals surface area contributed by atoms with Crippen molar-refractivity contribution in [2.24, 2.45) is 5.73 Å². The molecule has 0 saturated heterocycles. The fourth-order valence-electron chi connectivity index (χ4n) is 4.21. The van der Waals surface area contributed by atoms with Gasteiger partial charge in [-0.05, 0) is 36.8 Å². The van der Waals surface area contributed by atoms with Crippen LogP contribution in [-0.2, 0) is 17.5 Å². The Morgan fingerprint density at radius 2 is 2.00 bits per heavy atom. The zero-order valence-corrected chi connectivity index (χ0v) is 17.9. The Bertz CT molecular complexity index is 1400. The number of primary amides is 1. The number of amides is 1. The van der Waals surface area contributed by atoms with Crippen LogP contribution in [0.25, 0.3) is 33.7 Å². The van der Waals surface area contributed by atoms with Crippen LogP contribution in [0, 0.1) is 0 Å². The van der Waals surface area contributed by atoms with Gasteiger partial charge in [-0.15, -0.1) is 0 Å². The van der Waals surface area contributed by atoms with Gasteiger partial charge in [0, 0.05) is 47.0 Å². The van der Waals surface area contributed by atoms with Crippen molar-refractivity contribution in [3.8, 4) is 22.8 Å². The average molecular weight is 467 g/mol. The van der Waals surface area contributed by atoms with Gasteiger partial charge in [0.05, 0.1) is 5.56 Å². The Labute approximate surface area is 192 Å². The van der Waals surface area contributed by atoms with Gasteiger partial charge in [-0.2, -0.15) is 18.2 Å². The first-order chi connectivity index (χ1) is 16.3. The third kappa shape index (κ3) is 4.02. The smallest absolute Gasteiger partial charge is 0.368 e. The predicted molar refractivity (Wildman–Crippen MR) is 121 cm³/mol. The number of anilines is 1. The van der Waals surface area contributed by atoms with Gasteiger partial charge in [0.1, 0.15) is 6.54 Å². The summed E-state index contributed by atoms with van der Waals surface area (Å²) in [7, 11) is 0. The number of carbonyl (C=O) groups is 1. The van der Waals surface area contributed by atoms with Gasteiger partial charge in [-0.1, -0.05) is 29.4 Å². The lowest BCUT2D eigenvalue weighted by atomic mass is 10.1. The largest absolute Gasteiger partial charge is 0.418 e. The van der Waals surface area contributed by atoms with Crippen molar-refractivity contribution in [3.63, 3.8) is 0 Å². The monoisotopic (exact) mass is 467 g/mol. The van der Waals surface area contributed by atoms with Crippen molar-refractivity contribution in [1.82, 2.24) is 14.7 Å². The highest BCUT2D eigenvalue weighted by molar-refractivity contribution is 5.94. The van der Waals surface area contributed by atoms with Crippen LogP contribution < -0.4 is 10.6 Å². The van der Waals surface area contributed by atoms with Gasteiger partial charge in [-0.25, -0.2) is 0 Å². The van der Waals surface area contributed by atoms with Gasteiger partial charge in [0.25, 0.3) is 5.89 Å². The van der Waals surface area contributed by atoms with E-state index in [0.29, 0.717) is 25.1 Å². The highest BCUT2D eigenvalue weighted by atomic mass is 19.4. The van der Waals surface area contributed by atoms with E-state index in [1.807, 2.05) is 18.2 Å². The maximum Gasteiger partial charge on any atom is 0.418 e. The van der Waals surface area contributed by atoms with Crippen LogP contribution in [0.4, 0.5) is 18.9 Å². The molecular weight excluding hydrogens is 447 g/mol. The van der Waals surface area contributed by atoms with Gasteiger partial charge >= 0.3 is 6.18 Å².